The number of nitrogens with zero attached hydrogens (tertiary/aromatic N) is 6. The van der Waals surface area contributed by atoms with E-state index in [2.05, 4.69) is 25.5 Å². The van der Waals surface area contributed by atoms with Gasteiger partial charge in [0.1, 0.15) is 24.1 Å². The predicted octanol–water partition coefficient (Wildman–Crippen LogP) is 3.23. The normalized spacial score (nSPS) is 24.3. The van der Waals surface area contributed by atoms with Crippen LogP contribution in [-0.4, -0.2) is 61.0 Å². The van der Waals surface area contributed by atoms with Crippen molar-refractivity contribution in [3.05, 3.63) is 55.2 Å². The fourth-order valence-electron chi connectivity index (χ4n) is 5.09. The Hall–Kier alpha value is -3.59. The molecule has 3 aromatic heterocycles. The molecule has 9 heteroatoms. The second kappa shape index (κ2) is 7.77. The molecule has 6 rings (SSSR count). The monoisotopic (exact) mass is 445 g/mol. The van der Waals surface area contributed by atoms with Gasteiger partial charge >= 0.3 is 0 Å². The summed E-state index contributed by atoms with van der Waals surface area (Å²) in [6.45, 7) is 0. The van der Waals surface area contributed by atoms with Crippen LogP contribution in [0.2, 0.25) is 0 Å². The first kappa shape index (κ1) is 20.0. The lowest BCUT2D eigenvalue weighted by atomic mass is 9.96. The summed E-state index contributed by atoms with van der Waals surface area (Å²) in [5.74, 6) is 0.744. The average Bonchev–Trinajstić information content (AvgIpc) is 3.48. The molecular weight excluding hydrogens is 421 g/mol. The van der Waals surface area contributed by atoms with E-state index >= 15 is 0 Å². The highest BCUT2D eigenvalue weighted by Gasteiger charge is 2.43. The van der Waals surface area contributed by atoms with Gasteiger partial charge in [0.2, 0.25) is 0 Å². The van der Waals surface area contributed by atoms with E-state index in [4.69, 9.17) is 0 Å². The minimum absolute atomic E-state index is 0.0654. The number of hydrogen-bond acceptors (Lipinski definition) is 7. The van der Waals surface area contributed by atoms with Crippen LogP contribution < -0.4 is 10.2 Å². The van der Waals surface area contributed by atoms with Crippen molar-refractivity contribution in [2.45, 2.75) is 43.6 Å². The Labute approximate surface area is 190 Å². The molecule has 4 atom stereocenters. The molecule has 33 heavy (non-hydrogen) atoms. The number of fused-ring (bicyclic) bond motifs is 3. The molecule has 2 fully saturated rings. The van der Waals surface area contributed by atoms with E-state index in [0.29, 0.717) is 23.1 Å². The molecule has 1 aromatic carbocycles. The molecule has 0 saturated carbocycles. The molecule has 5 heterocycles. The molecule has 168 valence electrons. The second-order valence-corrected chi connectivity index (χ2v) is 8.91. The van der Waals surface area contributed by atoms with Crippen LogP contribution in [-0.2, 0) is 0 Å². The Morgan fingerprint density at radius 2 is 2.00 bits per heavy atom. The molecule has 2 aliphatic rings. The predicted molar refractivity (Wildman–Crippen MR) is 123 cm³/mol. The summed E-state index contributed by atoms with van der Waals surface area (Å²) in [6.07, 6.45) is 8.56. The van der Waals surface area contributed by atoms with Crippen molar-refractivity contribution in [1.82, 2.24) is 29.9 Å². The van der Waals surface area contributed by atoms with E-state index in [-0.39, 0.29) is 17.8 Å². The van der Waals surface area contributed by atoms with Crippen LogP contribution in [0.25, 0.3) is 28.0 Å². The molecule has 8 nitrogen and oxygen atoms in total. The quantitative estimate of drug-likeness (QED) is 0.498. The number of phenols is 1. The molecule has 0 radical (unpaired) electrons. The fourth-order valence-corrected chi connectivity index (χ4v) is 5.09. The van der Waals surface area contributed by atoms with Gasteiger partial charge in [-0.2, -0.15) is 0 Å². The molecule has 0 spiro atoms. The van der Waals surface area contributed by atoms with Crippen LogP contribution in [0.1, 0.15) is 19.3 Å². The van der Waals surface area contributed by atoms with E-state index in [0.717, 1.165) is 36.0 Å². The maximum absolute atomic E-state index is 14.9. The Kier molecular flexibility index (Phi) is 4.72. The number of phenolic OH excluding ortho intramolecular Hbond substituents is 1. The van der Waals surface area contributed by atoms with Crippen LogP contribution in [0.3, 0.4) is 0 Å². The third-order valence-corrected chi connectivity index (χ3v) is 6.96. The molecule has 2 aliphatic heterocycles. The van der Waals surface area contributed by atoms with Crippen molar-refractivity contribution in [3.8, 4) is 28.1 Å². The van der Waals surface area contributed by atoms with Crippen molar-refractivity contribution in [3.63, 3.8) is 0 Å². The molecule has 0 amide bonds. The Morgan fingerprint density at radius 1 is 1.12 bits per heavy atom. The van der Waals surface area contributed by atoms with E-state index in [1.165, 1.54) is 0 Å². The Bertz CT molecular complexity index is 1310. The van der Waals surface area contributed by atoms with Crippen molar-refractivity contribution < 1.29 is 9.50 Å². The van der Waals surface area contributed by atoms with Crippen LogP contribution >= 0.6 is 0 Å². The summed E-state index contributed by atoms with van der Waals surface area (Å²) in [5, 5.41) is 22.0. The van der Waals surface area contributed by atoms with Crippen molar-refractivity contribution in [1.29, 1.82) is 0 Å². The minimum Gasteiger partial charge on any atom is -0.507 e. The number of benzene rings is 1. The summed E-state index contributed by atoms with van der Waals surface area (Å²) in [7, 11) is 1.88. The molecule has 0 aliphatic carbocycles. The van der Waals surface area contributed by atoms with Gasteiger partial charge in [-0.3, -0.25) is 9.38 Å². The highest BCUT2D eigenvalue weighted by atomic mass is 19.1. The van der Waals surface area contributed by atoms with E-state index in [9.17, 15) is 9.50 Å². The fraction of sp³-hybridized carbons (Fsp3) is 0.333. The SMILES string of the molecule is CN(c1cnc(-c2ccc(-c3ccn4cnnc4c3)cc2O)cn1)[C@H]1CC2CCC(N2)[C@H]1F. The molecular formula is C24H24FN7O. The highest BCUT2D eigenvalue weighted by Crippen LogP contribution is 2.35. The first-order valence-electron chi connectivity index (χ1n) is 11.1. The van der Waals surface area contributed by atoms with Gasteiger partial charge in [-0.1, -0.05) is 6.07 Å². The maximum atomic E-state index is 14.9. The van der Waals surface area contributed by atoms with E-state index in [1.807, 2.05) is 46.8 Å². The standard InChI is InChI=1S/C24H24FN7O/c1-31(20-10-16-3-5-18(29-16)24(20)25)23-12-26-19(11-27-23)17-4-2-14(8-21(17)33)15-6-7-32-13-28-30-22(32)9-15/h2,4,6-9,11-13,16,18,20,24,29,33H,3,5,10H2,1H3/t16?,18?,20-,24+/m0/s1. The summed E-state index contributed by atoms with van der Waals surface area (Å²) < 4.78 is 16.7. The Morgan fingerprint density at radius 3 is 2.82 bits per heavy atom. The zero-order chi connectivity index (χ0) is 22.5. The number of piperidine rings is 1. The number of aromatic hydroxyl groups is 1. The highest BCUT2D eigenvalue weighted by molar-refractivity contribution is 5.75. The van der Waals surface area contributed by atoms with Crippen molar-refractivity contribution in [2.75, 3.05) is 11.9 Å². The van der Waals surface area contributed by atoms with Gasteiger partial charge in [0.05, 0.1) is 24.1 Å². The van der Waals surface area contributed by atoms with Crippen LogP contribution in [0.15, 0.2) is 55.2 Å². The molecule has 2 unspecified atom stereocenters. The van der Waals surface area contributed by atoms with Gasteiger partial charge < -0.3 is 15.3 Å². The number of rotatable bonds is 4. The van der Waals surface area contributed by atoms with Crippen molar-refractivity contribution in [2.24, 2.45) is 0 Å². The lowest BCUT2D eigenvalue weighted by Gasteiger charge is -2.38. The molecule has 4 aromatic rings. The van der Waals surface area contributed by atoms with Gasteiger partial charge in [0.15, 0.2) is 5.65 Å². The third kappa shape index (κ3) is 3.48. The molecule has 2 bridgehead atoms. The van der Waals surface area contributed by atoms with Gasteiger partial charge in [0, 0.05) is 30.9 Å². The summed E-state index contributed by atoms with van der Waals surface area (Å²) in [4.78, 5) is 10.9. The number of halogens is 1. The summed E-state index contributed by atoms with van der Waals surface area (Å²) >= 11 is 0. The molecule has 2 saturated heterocycles. The van der Waals surface area contributed by atoms with Crippen LogP contribution in [0, 0.1) is 0 Å². The zero-order valence-corrected chi connectivity index (χ0v) is 18.1. The van der Waals surface area contributed by atoms with Gasteiger partial charge in [-0.05, 0) is 54.7 Å². The first-order valence-corrected chi connectivity index (χ1v) is 11.1. The van der Waals surface area contributed by atoms with Gasteiger partial charge in [-0.25, -0.2) is 9.37 Å². The van der Waals surface area contributed by atoms with Crippen LogP contribution in [0.5, 0.6) is 5.75 Å². The maximum Gasteiger partial charge on any atom is 0.161 e. The summed E-state index contributed by atoms with van der Waals surface area (Å²) in [5.41, 5.74) is 3.68. The van der Waals surface area contributed by atoms with Crippen LogP contribution in [0.4, 0.5) is 10.2 Å². The smallest absolute Gasteiger partial charge is 0.161 e. The number of pyridine rings is 1. The number of hydrogen-bond donors (Lipinski definition) is 2. The lowest BCUT2D eigenvalue weighted by Crippen LogP contribution is -2.55. The van der Waals surface area contributed by atoms with Gasteiger partial charge in [-0.15, -0.1) is 10.2 Å². The Balaban J connectivity index is 1.23. The second-order valence-electron chi connectivity index (χ2n) is 8.91. The topological polar surface area (TPSA) is 91.5 Å². The number of nitrogens with one attached hydrogen (secondary N) is 1. The summed E-state index contributed by atoms with van der Waals surface area (Å²) in [6, 6.07) is 9.42. The largest absolute Gasteiger partial charge is 0.507 e. The first-order chi connectivity index (χ1) is 16.1. The van der Waals surface area contributed by atoms with E-state index in [1.54, 1.807) is 24.8 Å². The zero-order valence-electron chi connectivity index (χ0n) is 18.1. The third-order valence-electron chi connectivity index (χ3n) is 6.96. The average molecular weight is 446 g/mol. The number of alkyl halides is 1. The molecule has 2 N–H and O–H groups in total. The lowest BCUT2D eigenvalue weighted by molar-refractivity contribution is 0.176. The number of aromatic nitrogens is 5. The minimum atomic E-state index is -0.927. The van der Waals surface area contributed by atoms with Crippen molar-refractivity contribution >= 4 is 11.5 Å². The van der Waals surface area contributed by atoms with E-state index < -0.39 is 6.17 Å². The number of anilines is 1. The van der Waals surface area contributed by atoms with Gasteiger partial charge in [0.25, 0.3) is 0 Å².